The summed E-state index contributed by atoms with van der Waals surface area (Å²) in [5.41, 5.74) is 0. The molecule has 0 amide bonds. The van der Waals surface area contributed by atoms with E-state index >= 15 is 0 Å². The highest BCUT2D eigenvalue weighted by Crippen LogP contribution is 2.26. The summed E-state index contributed by atoms with van der Waals surface area (Å²) < 4.78 is 0. The second-order valence-electron chi connectivity index (χ2n) is 3.97. The summed E-state index contributed by atoms with van der Waals surface area (Å²) >= 11 is 0. The minimum absolute atomic E-state index is 0.743. The van der Waals surface area contributed by atoms with E-state index in [4.69, 9.17) is 6.42 Å². The average molecular weight is 179 g/mol. The zero-order valence-corrected chi connectivity index (χ0v) is 8.68. The van der Waals surface area contributed by atoms with Crippen molar-refractivity contribution in [1.29, 1.82) is 0 Å². The Labute approximate surface area is 82.3 Å². The van der Waals surface area contributed by atoms with Crippen molar-refractivity contribution < 1.29 is 0 Å². The Kier molecular flexibility index (Phi) is 4.93. The SMILES string of the molecule is C#CCCNC1CCCCC1CC. The van der Waals surface area contributed by atoms with Crippen molar-refractivity contribution in [3.63, 3.8) is 0 Å². The van der Waals surface area contributed by atoms with Gasteiger partial charge in [-0.1, -0.05) is 26.2 Å². The zero-order valence-electron chi connectivity index (χ0n) is 8.68. The zero-order chi connectivity index (χ0) is 9.52. The highest BCUT2D eigenvalue weighted by Gasteiger charge is 2.22. The van der Waals surface area contributed by atoms with Gasteiger partial charge in [0, 0.05) is 19.0 Å². The van der Waals surface area contributed by atoms with Crippen LogP contribution in [-0.2, 0) is 0 Å². The van der Waals surface area contributed by atoms with Crippen LogP contribution >= 0.6 is 0 Å². The molecule has 74 valence electrons. The van der Waals surface area contributed by atoms with E-state index in [-0.39, 0.29) is 0 Å². The Morgan fingerprint density at radius 3 is 2.85 bits per heavy atom. The van der Waals surface area contributed by atoms with Gasteiger partial charge in [-0.3, -0.25) is 0 Å². The number of hydrogen-bond donors (Lipinski definition) is 1. The Balaban J connectivity index is 2.24. The predicted octanol–water partition coefficient (Wildman–Crippen LogP) is 2.57. The molecule has 2 atom stereocenters. The maximum absolute atomic E-state index is 5.22. The molecular formula is C12H21N. The van der Waals surface area contributed by atoms with Gasteiger partial charge in [0.1, 0.15) is 0 Å². The monoisotopic (exact) mass is 179 g/mol. The number of rotatable bonds is 4. The molecule has 1 aliphatic carbocycles. The smallest absolute Gasteiger partial charge is 0.0212 e. The fourth-order valence-corrected chi connectivity index (χ4v) is 2.29. The lowest BCUT2D eigenvalue weighted by atomic mass is 9.83. The Bertz CT molecular complexity index is 168. The van der Waals surface area contributed by atoms with E-state index in [2.05, 4.69) is 18.2 Å². The van der Waals surface area contributed by atoms with Gasteiger partial charge in [0.2, 0.25) is 0 Å². The van der Waals surface area contributed by atoms with E-state index in [0.717, 1.165) is 24.9 Å². The lowest BCUT2D eigenvalue weighted by Crippen LogP contribution is -2.38. The van der Waals surface area contributed by atoms with Crippen LogP contribution in [0.3, 0.4) is 0 Å². The van der Waals surface area contributed by atoms with E-state index in [0.29, 0.717) is 0 Å². The summed E-state index contributed by atoms with van der Waals surface area (Å²) in [5, 5.41) is 3.58. The third kappa shape index (κ3) is 3.40. The standard InChI is InChI=1S/C12H21N/c1-3-5-10-13-12-9-7-6-8-11(12)4-2/h1,11-13H,4-10H2,2H3. The summed E-state index contributed by atoms with van der Waals surface area (Å²) in [6.07, 6.45) is 13.0. The van der Waals surface area contributed by atoms with E-state index in [1.807, 2.05) is 0 Å². The van der Waals surface area contributed by atoms with Crippen molar-refractivity contribution in [2.24, 2.45) is 5.92 Å². The maximum Gasteiger partial charge on any atom is 0.0212 e. The third-order valence-electron chi connectivity index (χ3n) is 3.11. The minimum atomic E-state index is 0.743. The van der Waals surface area contributed by atoms with Crippen LogP contribution in [-0.4, -0.2) is 12.6 Å². The molecule has 0 spiro atoms. The first-order chi connectivity index (χ1) is 6.38. The largest absolute Gasteiger partial charge is 0.313 e. The molecule has 0 aromatic heterocycles. The first kappa shape index (κ1) is 10.6. The molecule has 1 N–H and O–H groups in total. The number of hydrogen-bond acceptors (Lipinski definition) is 1. The summed E-state index contributed by atoms with van der Waals surface area (Å²) in [6, 6.07) is 0.743. The molecule has 1 aliphatic rings. The average Bonchev–Trinajstić information content (AvgIpc) is 2.19. The molecule has 1 saturated carbocycles. The maximum atomic E-state index is 5.22. The fraction of sp³-hybridized carbons (Fsp3) is 0.833. The van der Waals surface area contributed by atoms with Crippen LogP contribution in [0.1, 0.15) is 45.4 Å². The molecular weight excluding hydrogens is 158 g/mol. The van der Waals surface area contributed by atoms with Crippen LogP contribution in [0.2, 0.25) is 0 Å². The number of terminal acetylenes is 1. The minimum Gasteiger partial charge on any atom is -0.313 e. The third-order valence-corrected chi connectivity index (χ3v) is 3.11. The van der Waals surface area contributed by atoms with Crippen molar-refractivity contribution in [3.8, 4) is 12.3 Å². The van der Waals surface area contributed by atoms with Crippen molar-refractivity contribution in [3.05, 3.63) is 0 Å². The molecule has 0 aliphatic heterocycles. The summed E-state index contributed by atoms with van der Waals surface area (Å²) in [5.74, 6) is 3.57. The quantitative estimate of drug-likeness (QED) is 0.516. The van der Waals surface area contributed by atoms with Gasteiger partial charge in [-0.25, -0.2) is 0 Å². The number of nitrogens with one attached hydrogen (secondary N) is 1. The Morgan fingerprint density at radius 1 is 1.38 bits per heavy atom. The van der Waals surface area contributed by atoms with Crippen LogP contribution in [0.25, 0.3) is 0 Å². The van der Waals surface area contributed by atoms with E-state index in [1.165, 1.54) is 32.1 Å². The van der Waals surface area contributed by atoms with Crippen molar-refractivity contribution in [1.82, 2.24) is 5.32 Å². The highest BCUT2D eigenvalue weighted by atomic mass is 14.9. The van der Waals surface area contributed by atoms with Crippen LogP contribution in [0.15, 0.2) is 0 Å². The molecule has 0 aromatic carbocycles. The Morgan fingerprint density at radius 2 is 2.15 bits per heavy atom. The fourth-order valence-electron chi connectivity index (χ4n) is 2.29. The van der Waals surface area contributed by atoms with Gasteiger partial charge in [0.25, 0.3) is 0 Å². The first-order valence-electron chi connectivity index (χ1n) is 5.55. The van der Waals surface area contributed by atoms with Crippen molar-refractivity contribution in [2.75, 3.05) is 6.54 Å². The second-order valence-corrected chi connectivity index (χ2v) is 3.97. The first-order valence-corrected chi connectivity index (χ1v) is 5.55. The predicted molar refractivity (Wildman–Crippen MR) is 57.5 cm³/mol. The topological polar surface area (TPSA) is 12.0 Å². The molecule has 2 unspecified atom stereocenters. The molecule has 1 heteroatoms. The van der Waals surface area contributed by atoms with Gasteiger partial charge in [0.15, 0.2) is 0 Å². The summed E-state index contributed by atoms with van der Waals surface area (Å²) in [7, 11) is 0. The highest BCUT2D eigenvalue weighted by molar-refractivity contribution is 4.86. The van der Waals surface area contributed by atoms with Crippen LogP contribution < -0.4 is 5.32 Å². The molecule has 0 radical (unpaired) electrons. The van der Waals surface area contributed by atoms with Crippen molar-refractivity contribution in [2.45, 2.75) is 51.5 Å². The molecule has 0 aromatic rings. The molecule has 1 nitrogen and oxygen atoms in total. The molecule has 0 bridgehead atoms. The van der Waals surface area contributed by atoms with Gasteiger partial charge in [0.05, 0.1) is 0 Å². The van der Waals surface area contributed by atoms with E-state index in [1.54, 1.807) is 0 Å². The van der Waals surface area contributed by atoms with E-state index < -0.39 is 0 Å². The summed E-state index contributed by atoms with van der Waals surface area (Å²) in [6.45, 7) is 3.30. The Hall–Kier alpha value is -0.480. The van der Waals surface area contributed by atoms with Gasteiger partial charge in [-0.15, -0.1) is 12.3 Å². The molecule has 1 rings (SSSR count). The van der Waals surface area contributed by atoms with Gasteiger partial charge in [-0.2, -0.15) is 0 Å². The van der Waals surface area contributed by atoms with E-state index in [9.17, 15) is 0 Å². The molecule has 13 heavy (non-hydrogen) atoms. The second kappa shape index (κ2) is 6.05. The van der Waals surface area contributed by atoms with Gasteiger partial charge in [-0.05, 0) is 18.8 Å². The normalized spacial score (nSPS) is 28.3. The van der Waals surface area contributed by atoms with Gasteiger partial charge < -0.3 is 5.32 Å². The van der Waals surface area contributed by atoms with Crippen molar-refractivity contribution >= 4 is 0 Å². The lowest BCUT2D eigenvalue weighted by molar-refractivity contribution is 0.257. The lowest BCUT2D eigenvalue weighted by Gasteiger charge is -2.31. The molecule has 0 saturated heterocycles. The van der Waals surface area contributed by atoms with Crippen LogP contribution in [0.5, 0.6) is 0 Å². The summed E-state index contributed by atoms with van der Waals surface area (Å²) in [4.78, 5) is 0. The van der Waals surface area contributed by atoms with Crippen LogP contribution in [0.4, 0.5) is 0 Å². The van der Waals surface area contributed by atoms with Gasteiger partial charge >= 0.3 is 0 Å². The molecule has 0 heterocycles. The van der Waals surface area contributed by atoms with Crippen LogP contribution in [0, 0.1) is 18.3 Å². The molecule has 1 fully saturated rings.